The van der Waals surface area contributed by atoms with Crippen LogP contribution in [0.5, 0.6) is 0 Å². The maximum absolute atomic E-state index is 4.17. The van der Waals surface area contributed by atoms with Crippen molar-refractivity contribution in [2.45, 2.75) is 25.7 Å². The van der Waals surface area contributed by atoms with E-state index in [0.29, 0.717) is 5.92 Å². The van der Waals surface area contributed by atoms with E-state index >= 15 is 0 Å². The van der Waals surface area contributed by atoms with Gasteiger partial charge < -0.3 is 0 Å². The monoisotopic (exact) mass is 188 g/mol. The second kappa shape index (κ2) is 4.72. The third-order valence-electron chi connectivity index (χ3n) is 1.68. The number of aromatic nitrogens is 2. The average molecular weight is 188 g/mol. The summed E-state index contributed by atoms with van der Waals surface area (Å²) < 4.78 is 8.14. The second-order valence-corrected chi connectivity index (χ2v) is 3.60. The van der Waals surface area contributed by atoms with Crippen LogP contribution < -0.4 is 0 Å². The molecule has 0 aliphatic heterocycles. The van der Waals surface area contributed by atoms with Gasteiger partial charge in [-0.05, 0) is 18.6 Å². The van der Waals surface area contributed by atoms with E-state index in [0.717, 1.165) is 24.3 Å². The summed E-state index contributed by atoms with van der Waals surface area (Å²) in [5.74, 6) is 1.50. The summed E-state index contributed by atoms with van der Waals surface area (Å²) in [6.45, 7) is 2.18. The fraction of sp³-hybridized carbons (Fsp3) is 0.714. The first kappa shape index (κ1) is 9.00. The van der Waals surface area contributed by atoms with Crippen molar-refractivity contribution >= 4 is 24.4 Å². The molecule has 0 aliphatic carbocycles. The fourth-order valence-electron chi connectivity index (χ4n) is 0.934. The summed E-state index contributed by atoms with van der Waals surface area (Å²) in [7, 11) is 0. The number of nitrogens with zero attached hydrogens (tertiary/aromatic N) is 2. The highest BCUT2D eigenvalue weighted by atomic mass is 32.1. The van der Waals surface area contributed by atoms with Crippen LogP contribution in [0, 0.1) is 0 Å². The summed E-state index contributed by atoms with van der Waals surface area (Å²) in [6.07, 6.45) is 4.17. The lowest BCUT2D eigenvalue weighted by molar-refractivity contribution is 0.657. The van der Waals surface area contributed by atoms with E-state index < -0.39 is 0 Å². The molecule has 1 aromatic heterocycles. The van der Waals surface area contributed by atoms with Crippen molar-refractivity contribution in [3.63, 3.8) is 0 Å². The third-order valence-corrected chi connectivity index (χ3v) is 2.49. The standard InChI is InChI=1S/C7H12N2S2/c1-6(3-2-4-10)7-5-8-11-9-7/h5-6,10H,2-4H2,1H3. The molecule has 1 atom stereocenters. The maximum Gasteiger partial charge on any atom is 0.0771 e. The molecule has 0 saturated carbocycles. The van der Waals surface area contributed by atoms with Crippen molar-refractivity contribution in [2.75, 3.05) is 5.75 Å². The Bertz CT molecular complexity index is 186. The van der Waals surface area contributed by atoms with Gasteiger partial charge >= 0.3 is 0 Å². The molecule has 0 saturated heterocycles. The molecule has 0 N–H and O–H groups in total. The Labute approximate surface area is 76.8 Å². The van der Waals surface area contributed by atoms with Gasteiger partial charge in [0.1, 0.15) is 0 Å². The van der Waals surface area contributed by atoms with Crippen molar-refractivity contribution < 1.29 is 0 Å². The van der Waals surface area contributed by atoms with Gasteiger partial charge in [-0.1, -0.05) is 6.92 Å². The molecule has 11 heavy (non-hydrogen) atoms. The minimum absolute atomic E-state index is 0.542. The molecule has 1 aromatic rings. The van der Waals surface area contributed by atoms with E-state index in [1.54, 1.807) is 0 Å². The van der Waals surface area contributed by atoms with Crippen molar-refractivity contribution in [1.82, 2.24) is 8.75 Å². The Morgan fingerprint density at radius 2 is 2.55 bits per heavy atom. The molecule has 0 amide bonds. The Kier molecular flexibility index (Phi) is 3.86. The van der Waals surface area contributed by atoms with Crippen LogP contribution in [0.25, 0.3) is 0 Å². The lowest BCUT2D eigenvalue weighted by atomic mass is 10.0. The van der Waals surface area contributed by atoms with Crippen LogP contribution in [0.3, 0.4) is 0 Å². The zero-order chi connectivity index (χ0) is 8.10. The zero-order valence-electron chi connectivity index (χ0n) is 6.53. The van der Waals surface area contributed by atoms with Crippen molar-refractivity contribution in [2.24, 2.45) is 0 Å². The SMILES string of the molecule is CC(CCCS)c1cnsn1. The molecule has 1 rings (SSSR count). The average Bonchev–Trinajstić information content (AvgIpc) is 2.52. The first-order valence-electron chi connectivity index (χ1n) is 3.73. The van der Waals surface area contributed by atoms with Gasteiger partial charge in [-0.2, -0.15) is 21.4 Å². The van der Waals surface area contributed by atoms with Crippen molar-refractivity contribution in [1.29, 1.82) is 0 Å². The molecular weight excluding hydrogens is 176 g/mol. The molecule has 1 unspecified atom stereocenters. The maximum atomic E-state index is 4.17. The minimum atomic E-state index is 0.542. The number of rotatable bonds is 4. The van der Waals surface area contributed by atoms with Crippen LogP contribution in [0.1, 0.15) is 31.4 Å². The Hall–Kier alpha value is -0.0900. The summed E-state index contributed by atoms with van der Waals surface area (Å²) in [5.41, 5.74) is 1.12. The van der Waals surface area contributed by atoms with Crippen molar-refractivity contribution in [3.05, 3.63) is 11.9 Å². The predicted molar refractivity (Wildman–Crippen MR) is 51.4 cm³/mol. The third kappa shape index (κ3) is 2.79. The largest absolute Gasteiger partial charge is 0.181 e. The molecule has 4 heteroatoms. The first-order chi connectivity index (χ1) is 5.34. The first-order valence-corrected chi connectivity index (χ1v) is 5.09. The van der Waals surface area contributed by atoms with Gasteiger partial charge in [0.2, 0.25) is 0 Å². The summed E-state index contributed by atoms with van der Waals surface area (Å²) in [5, 5.41) is 0. The second-order valence-electron chi connectivity index (χ2n) is 2.60. The van der Waals surface area contributed by atoms with Crippen LogP contribution >= 0.6 is 24.4 Å². The quantitative estimate of drug-likeness (QED) is 0.734. The van der Waals surface area contributed by atoms with E-state index in [4.69, 9.17) is 0 Å². The summed E-state index contributed by atoms with van der Waals surface area (Å²) >= 11 is 5.44. The van der Waals surface area contributed by atoms with E-state index in [9.17, 15) is 0 Å². The number of hydrogen-bond donors (Lipinski definition) is 1. The lowest BCUT2D eigenvalue weighted by Gasteiger charge is -2.04. The van der Waals surface area contributed by atoms with Crippen LogP contribution in [-0.2, 0) is 0 Å². The van der Waals surface area contributed by atoms with E-state index in [1.807, 2.05) is 6.20 Å². The van der Waals surface area contributed by atoms with E-state index in [-0.39, 0.29) is 0 Å². The molecule has 0 spiro atoms. The van der Waals surface area contributed by atoms with Gasteiger partial charge in [-0.25, -0.2) is 0 Å². The highest BCUT2D eigenvalue weighted by Gasteiger charge is 2.06. The van der Waals surface area contributed by atoms with Crippen molar-refractivity contribution in [3.8, 4) is 0 Å². The van der Waals surface area contributed by atoms with Crippen LogP contribution in [0.2, 0.25) is 0 Å². The van der Waals surface area contributed by atoms with Crippen LogP contribution in [0.15, 0.2) is 6.20 Å². The van der Waals surface area contributed by atoms with Gasteiger partial charge in [-0.15, -0.1) is 0 Å². The molecule has 62 valence electrons. The van der Waals surface area contributed by atoms with Gasteiger partial charge in [0, 0.05) is 5.92 Å². The zero-order valence-corrected chi connectivity index (χ0v) is 8.24. The minimum Gasteiger partial charge on any atom is -0.181 e. The van der Waals surface area contributed by atoms with E-state index in [2.05, 4.69) is 28.3 Å². The van der Waals surface area contributed by atoms with Crippen LogP contribution in [0.4, 0.5) is 0 Å². The molecular formula is C7H12N2S2. The van der Waals surface area contributed by atoms with Gasteiger partial charge in [0.25, 0.3) is 0 Å². The molecule has 0 radical (unpaired) electrons. The molecule has 0 bridgehead atoms. The van der Waals surface area contributed by atoms with E-state index in [1.165, 1.54) is 11.7 Å². The predicted octanol–water partition coefficient (Wildman–Crippen LogP) is 2.35. The number of hydrogen-bond acceptors (Lipinski definition) is 4. The number of thiol groups is 1. The van der Waals surface area contributed by atoms with Gasteiger partial charge in [0.15, 0.2) is 0 Å². The Morgan fingerprint density at radius 3 is 3.09 bits per heavy atom. The molecule has 0 aliphatic rings. The highest BCUT2D eigenvalue weighted by Crippen LogP contribution is 2.18. The van der Waals surface area contributed by atoms with Gasteiger partial charge in [0.05, 0.1) is 23.6 Å². The molecule has 1 heterocycles. The molecule has 0 aromatic carbocycles. The van der Waals surface area contributed by atoms with Crippen LogP contribution in [-0.4, -0.2) is 14.5 Å². The topological polar surface area (TPSA) is 25.8 Å². The smallest absolute Gasteiger partial charge is 0.0771 e. The Balaban J connectivity index is 2.36. The van der Waals surface area contributed by atoms with Gasteiger partial charge in [-0.3, -0.25) is 0 Å². The molecule has 0 fully saturated rings. The lowest BCUT2D eigenvalue weighted by Crippen LogP contribution is -1.93. The highest BCUT2D eigenvalue weighted by molar-refractivity contribution is 7.80. The normalized spacial score (nSPS) is 13.3. The molecule has 2 nitrogen and oxygen atoms in total. The fourth-order valence-corrected chi connectivity index (χ4v) is 1.64. The summed E-state index contributed by atoms with van der Waals surface area (Å²) in [6, 6.07) is 0. The summed E-state index contributed by atoms with van der Waals surface area (Å²) in [4.78, 5) is 0. The Morgan fingerprint density at radius 1 is 1.73 bits per heavy atom.